The number of carbonyl (C=O) groups excluding carboxylic acids is 1. The molecule has 400 valence electrons. The minimum absolute atomic E-state index is 0. The summed E-state index contributed by atoms with van der Waals surface area (Å²) in [5.74, 6) is 2.21. The monoisotopic (exact) mass is 1060 g/mol. The first-order valence-corrected chi connectivity index (χ1v) is 23.7. The van der Waals surface area contributed by atoms with Crippen LogP contribution < -0.4 is 40.5 Å². The first kappa shape index (κ1) is 55.6. The van der Waals surface area contributed by atoms with Gasteiger partial charge in [0.05, 0.1) is 91.1 Å². The van der Waals surface area contributed by atoms with E-state index in [9.17, 15) is 36.2 Å². The molecule has 24 heteroatoms. The zero-order valence-corrected chi connectivity index (χ0v) is 42.5. The highest BCUT2D eigenvalue weighted by Crippen LogP contribution is 2.42. The van der Waals surface area contributed by atoms with Crippen molar-refractivity contribution in [3.8, 4) is 34.3 Å². The molecule has 6 N–H and O–H groups in total. The highest BCUT2D eigenvalue weighted by Gasteiger charge is 2.41. The predicted molar refractivity (Wildman–Crippen MR) is 277 cm³/mol. The number of halogens is 6. The smallest absolute Gasteiger partial charge is 0.416 e. The summed E-state index contributed by atoms with van der Waals surface area (Å²) >= 11 is 0. The molecule has 0 aliphatic carbocycles. The standard InChI is InChI=1S/C26H27F3N6O3.C16H14F3N3.C9H15N3O2.H2S/c1-25(2,14-36)15-38-22-12-30-11-21(32-22)33-24(37)35-18-8-9-34(13-18)20-7-6-19(31-23(20)35)16-4-3-5-17(10-16)26(27,28)29;17-16(18,19)11-3-1-2-10(8-11)13-4-5-14-15(21-13)20-12-6-7-22(14)9-12;1-9(2,5-13)6-14-8-4-11-3-7(10)12-8;/h3-7,10-12,18,36H,8-9,13-15H2,1-2H3,(H,32,33,37);1-5,8,12H,6-7,9H2,(H,20,21);3-4,13H,5-6H2,1-2H3,(H2,10,12);1H2/t18-;12-;;/m00../s1. The molecule has 0 spiro atoms. The maximum absolute atomic E-state index is 13.5. The number of hydrogen-bond donors (Lipinski definition) is 5. The summed E-state index contributed by atoms with van der Waals surface area (Å²) in [6.07, 6.45) is -1.30. The Morgan fingerprint density at radius 1 is 0.707 bits per heavy atom. The van der Waals surface area contributed by atoms with E-state index in [4.69, 9.17) is 20.3 Å². The zero-order valence-electron chi connectivity index (χ0n) is 41.5. The minimum atomic E-state index is -4.48. The Kier molecular flexibility index (Phi) is 16.9. The van der Waals surface area contributed by atoms with Crippen LogP contribution >= 0.6 is 13.5 Å². The van der Waals surface area contributed by atoms with Crippen LogP contribution in [0, 0.1) is 10.8 Å². The number of aliphatic hydroxyl groups excluding tert-OH is 2. The number of aliphatic hydroxyl groups is 2. The van der Waals surface area contributed by atoms with E-state index >= 15 is 0 Å². The average molecular weight is 1070 g/mol. The number of aromatic nitrogens is 6. The fourth-order valence-electron chi connectivity index (χ4n) is 8.32. The van der Waals surface area contributed by atoms with Crippen LogP contribution in [-0.2, 0) is 12.4 Å². The van der Waals surface area contributed by atoms with E-state index in [2.05, 4.69) is 50.3 Å². The van der Waals surface area contributed by atoms with Crippen LogP contribution in [0.3, 0.4) is 0 Å². The molecule has 8 heterocycles. The number of nitrogens with zero attached hydrogens (tertiary/aromatic N) is 9. The van der Waals surface area contributed by atoms with Crippen LogP contribution in [0.5, 0.6) is 11.8 Å². The van der Waals surface area contributed by atoms with Crippen LogP contribution in [0.4, 0.5) is 65.8 Å². The van der Waals surface area contributed by atoms with Crippen LogP contribution in [0.25, 0.3) is 22.5 Å². The number of hydrogen-bond acceptors (Lipinski definition) is 15. The molecule has 75 heavy (non-hydrogen) atoms. The number of alkyl halides is 6. The molecule has 2 saturated heterocycles. The van der Waals surface area contributed by atoms with Gasteiger partial charge in [0.25, 0.3) is 0 Å². The fraction of sp³-hybridized carbons (Fsp3) is 0.392. The zero-order chi connectivity index (χ0) is 53.0. The molecule has 17 nitrogen and oxygen atoms in total. The third-order valence-electron chi connectivity index (χ3n) is 12.4. The van der Waals surface area contributed by atoms with Gasteiger partial charge in [0.15, 0.2) is 17.5 Å². The van der Waals surface area contributed by atoms with Crippen molar-refractivity contribution in [3.63, 3.8) is 0 Å². The largest absolute Gasteiger partial charge is 0.476 e. The number of rotatable bonds is 11. The molecule has 4 aromatic heterocycles. The van der Waals surface area contributed by atoms with E-state index in [1.54, 1.807) is 35.2 Å². The van der Waals surface area contributed by atoms with Crippen LogP contribution in [-0.4, -0.2) is 111 Å². The van der Waals surface area contributed by atoms with Gasteiger partial charge in [-0.2, -0.15) is 49.8 Å². The fourth-order valence-corrected chi connectivity index (χ4v) is 8.32. The van der Waals surface area contributed by atoms with Crippen molar-refractivity contribution in [3.05, 3.63) is 109 Å². The second-order valence-electron chi connectivity index (χ2n) is 19.8. The Bertz CT molecular complexity index is 2950. The Labute approximate surface area is 436 Å². The summed E-state index contributed by atoms with van der Waals surface area (Å²) in [4.78, 5) is 44.7. The lowest BCUT2D eigenvalue weighted by Crippen LogP contribution is -2.48. The third kappa shape index (κ3) is 13.8. The number of benzene rings is 2. The van der Waals surface area contributed by atoms with Crippen molar-refractivity contribution in [1.82, 2.24) is 29.9 Å². The number of pyridine rings is 2. The Morgan fingerprint density at radius 2 is 1.25 bits per heavy atom. The maximum atomic E-state index is 13.5. The number of carbonyl (C=O) groups is 1. The van der Waals surface area contributed by atoms with Gasteiger partial charge < -0.3 is 40.5 Å². The number of anilines is 6. The average Bonchev–Trinajstić information content (AvgIpc) is 3.98. The summed E-state index contributed by atoms with van der Waals surface area (Å²) in [5.41, 5.74) is 6.68. The summed E-state index contributed by atoms with van der Waals surface area (Å²) in [6, 6.07) is 17.2. The molecule has 0 unspecified atom stereocenters. The number of nitrogens with two attached hydrogens (primary N) is 1. The Hall–Kier alpha value is -7.18. The molecule has 0 radical (unpaired) electrons. The van der Waals surface area contributed by atoms with Crippen molar-refractivity contribution < 1.29 is 50.8 Å². The van der Waals surface area contributed by atoms with Crippen LogP contribution in [0.15, 0.2) is 97.6 Å². The number of nitrogens with one attached hydrogen (secondary N) is 2. The minimum Gasteiger partial charge on any atom is -0.476 e. The number of urea groups is 1. The van der Waals surface area contributed by atoms with E-state index in [0.29, 0.717) is 65.6 Å². The van der Waals surface area contributed by atoms with E-state index < -0.39 is 34.9 Å². The van der Waals surface area contributed by atoms with Gasteiger partial charge in [-0.15, -0.1) is 0 Å². The van der Waals surface area contributed by atoms with Crippen molar-refractivity contribution in [2.24, 2.45) is 10.8 Å². The van der Waals surface area contributed by atoms with E-state index in [0.717, 1.165) is 67.5 Å². The maximum Gasteiger partial charge on any atom is 0.416 e. The first-order chi connectivity index (χ1) is 35.1. The van der Waals surface area contributed by atoms with Gasteiger partial charge in [-0.25, -0.2) is 14.8 Å². The van der Waals surface area contributed by atoms with Crippen molar-refractivity contribution in [2.45, 2.75) is 65.0 Å². The lowest BCUT2D eigenvalue weighted by atomic mass is 9.97. The Morgan fingerprint density at radius 3 is 1.84 bits per heavy atom. The molecule has 0 saturated carbocycles. The topological polar surface area (TPSA) is 213 Å². The van der Waals surface area contributed by atoms with Gasteiger partial charge in [-0.1, -0.05) is 52.0 Å². The second kappa shape index (κ2) is 22.7. The summed E-state index contributed by atoms with van der Waals surface area (Å²) in [6.45, 7) is 11.4. The lowest BCUT2D eigenvalue weighted by molar-refractivity contribution is -0.138. The molecule has 2 fully saturated rings. The molecular formula is C51H58F6N12O5S. The molecular weight excluding hydrogens is 1010 g/mol. The van der Waals surface area contributed by atoms with Gasteiger partial charge >= 0.3 is 18.4 Å². The third-order valence-corrected chi connectivity index (χ3v) is 12.4. The molecule has 6 aromatic rings. The van der Waals surface area contributed by atoms with Gasteiger partial charge in [-0.05, 0) is 61.4 Å². The summed E-state index contributed by atoms with van der Waals surface area (Å²) in [7, 11) is 0. The number of ether oxygens (including phenoxy) is 2. The molecule has 2 amide bonds. The molecule has 2 aromatic carbocycles. The van der Waals surface area contributed by atoms with Crippen molar-refractivity contribution in [2.75, 3.05) is 83.7 Å². The quantitative estimate of drug-likeness (QED) is 0.0767. The van der Waals surface area contributed by atoms with E-state index in [1.807, 2.05) is 33.8 Å². The van der Waals surface area contributed by atoms with E-state index in [1.165, 1.54) is 36.9 Å². The number of nitrogen functional groups attached to an aromatic ring is 1. The second-order valence-corrected chi connectivity index (χ2v) is 19.8. The lowest BCUT2D eigenvalue weighted by Gasteiger charge is -2.35. The highest BCUT2D eigenvalue weighted by molar-refractivity contribution is 7.59. The first-order valence-electron chi connectivity index (χ1n) is 23.7. The normalized spacial score (nSPS) is 16.5. The van der Waals surface area contributed by atoms with E-state index in [-0.39, 0.29) is 56.5 Å². The Balaban J connectivity index is 0.000000186. The van der Waals surface area contributed by atoms with Gasteiger partial charge in [0.1, 0.15) is 5.82 Å². The molecule has 2 atom stereocenters. The molecule has 10 rings (SSSR count). The molecule has 4 bridgehead atoms. The summed E-state index contributed by atoms with van der Waals surface area (Å²) in [5, 5.41) is 24.5. The highest BCUT2D eigenvalue weighted by atomic mass is 32.1. The number of amides is 2. The molecule has 4 aliphatic rings. The predicted octanol–water partition coefficient (Wildman–Crippen LogP) is 8.93. The van der Waals surface area contributed by atoms with Crippen molar-refractivity contribution in [1.29, 1.82) is 0 Å². The van der Waals surface area contributed by atoms with Gasteiger partial charge in [0.2, 0.25) is 11.8 Å². The number of fused-ring (bicyclic) bond motifs is 8. The van der Waals surface area contributed by atoms with Crippen LogP contribution in [0.2, 0.25) is 0 Å². The summed E-state index contributed by atoms with van der Waals surface area (Å²) < 4.78 is 89.3. The van der Waals surface area contributed by atoms with Crippen LogP contribution in [0.1, 0.15) is 51.7 Å². The molecule has 4 aliphatic heterocycles. The van der Waals surface area contributed by atoms with Gasteiger partial charge in [-0.3, -0.25) is 20.2 Å². The van der Waals surface area contributed by atoms with Gasteiger partial charge in [0, 0.05) is 54.2 Å². The SMILES string of the molecule is CC(C)(CO)COc1cncc(N)n1.CC(C)(CO)COc1cncc(NC(=O)N2c3nc(-c4cccc(C(F)(F)F)c4)ccc3N3CC[C@H]2C3)n1.FC(F)(F)c1cccc(-c2ccc3c(n2)N[C@H]2CCN3C2)c1.S. The van der Waals surface area contributed by atoms with Crippen molar-refractivity contribution >= 4 is 54.2 Å².